The van der Waals surface area contributed by atoms with Crippen LogP contribution in [0, 0.1) is 11.7 Å². The molecule has 6 heteroatoms. The van der Waals surface area contributed by atoms with Crippen molar-refractivity contribution in [2.45, 2.75) is 51.1 Å². The molecule has 0 saturated carbocycles. The minimum atomic E-state index is -0.553. The van der Waals surface area contributed by atoms with E-state index in [0.29, 0.717) is 31.1 Å². The lowest BCUT2D eigenvalue weighted by molar-refractivity contribution is -0.141. The minimum Gasteiger partial charge on any atom is -0.354 e. The lowest BCUT2D eigenvalue weighted by Crippen LogP contribution is -2.49. The predicted molar refractivity (Wildman–Crippen MR) is 121 cm³/mol. The number of hydrogen-bond donors (Lipinski definition) is 1. The first-order valence-electron chi connectivity index (χ1n) is 10.4. The Morgan fingerprint density at radius 3 is 2.33 bits per heavy atom. The molecule has 0 fully saturated rings. The zero-order chi connectivity index (χ0) is 21.9. The summed E-state index contributed by atoms with van der Waals surface area (Å²) in [5.74, 6) is 0.423. The molecule has 1 atom stereocenters. The van der Waals surface area contributed by atoms with Crippen LogP contribution in [-0.4, -0.2) is 35.1 Å². The van der Waals surface area contributed by atoms with Gasteiger partial charge in [-0.15, -0.1) is 11.8 Å². The maximum absolute atomic E-state index is 13.3. The largest absolute Gasteiger partial charge is 0.354 e. The summed E-state index contributed by atoms with van der Waals surface area (Å²) < 4.78 is 13.3. The molecule has 4 nitrogen and oxygen atoms in total. The number of halogens is 1. The van der Waals surface area contributed by atoms with Crippen LogP contribution in [0.3, 0.4) is 0 Å². The van der Waals surface area contributed by atoms with Crippen molar-refractivity contribution in [1.82, 2.24) is 10.2 Å². The standard InChI is InChI=1S/C24H31FN2O2S/c1-4-22(24(29)26-16-18(2)3)27(17-19-10-12-20(25)13-11-19)23(28)14-15-30-21-8-6-5-7-9-21/h5-13,18,22H,4,14-17H2,1-3H3,(H,26,29)/t22-/m1/s1. The number of thioether (sulfide) groups is 1. The first kappa shape index (κ1) is 23.9. The fourth-order valence-electron chi connectivity index (χ4n) is 3.05. The highest BCUT2D eigenvalue weighted by Gasteiger charge is 2.28. The van der Waals surface area contributed by atoms with Crippen LogP contribution >= 0.6 is 11.8 Å². The van der Waals surface area contributed by atoms with Crippen LogP contribution in [0.15, 0.2) is 59.5 Å². The summed E-state index contributed by atoms with van der Waals surface area (Å²) in [5.41, 5.74) is 0.801. The quantitative estimate of drug-likeness (QED) is 0.517. The van der Waals surface area contributed by atoms with Gasteiger partial charge in [-0.3, -0.25) is 9.59 Å². The Morgan fingerprint density at radius 1 is 1.07 bits per heavy atom. The van der Waals surface area contributed by atoms with Gasteiger partial charge in [-0.25, -0.2) is 4.39 Å². The molecule has 0 heterocycles. The van der Waals surface area contributed by atoms with Gasteiger partial charge in [0.25, 0.3) is 0 Å². The number of nitrogens with zero attached hydrogens (tertiary/aromatic N) is 1. The van der Waals surface area contributed by atoms with Gasteiger partial charge in [0.2, 0.25) is 11.8 Å². The Balaban J connectivity index is 2.10. The molecule has 2 amide bonds. The number of carbonyl (C=O) groups excluding carboxylic acids is 2. The topological polar surface area (TPSA) is 49.4 Å². The van der Waals surface area contributed by atoms with Crippen molar-refractivity contribution in [3.05, 3.63) is 66.0 Å². The fraction of sp³-hybridized carbons (Fsp3) is 0.417. The minimum absolute atomic E-state index is 0.0747. The van der Waals surface area contributed by atoms with E-state index < -0.39 is 6.04 Å². The molecule has 162 valence electrons. The first-order chi connectivity index (χ1) is 14.4. The van der Waals surface area contributed by atoms with E-state index in [-0.39, 0.29) is 24.2 Å². The molecule has 2 aromatic rings. The Hall–Kier alpha value is -2.34. The van der Waals surface area contributed by atoms with E-state index in [9.17, 15) is 14.0 Å². The summed E-state index contributed by atoms with van der Waals surface area (Å²) in [6.45, 7) is 6.82. The summed E-state index contributed by atoms with van der Waals surface area (Å²) in [4.78, 5) is 28.6. The molecule has 0 spiro atoms. The Labute approximate surface area is 183 Å². The third-order valence-electron chi connectivity index (χ3n) is 4.66. The number of hydrogen-bond acceptors (Lipinski definition) is 3. The van der Waals surface area contributed by atoms with Crippen molar-refractivity contribution in [1.29, 1.82) is 0 Å². The van der Waals surface area contributed by atoms with Crippen LogP contribution in [0.25, 0.3) is 0 Å². The molecule has 0 bridgehead atoms. The van der Waals surface area contributed by atoms with E-state index in [1.807, 2.05) is 51.1 Å². The van der Waals surface area contributed by atoms with E-state index in [1.54, 1.807) is 28.8 Å². The highest BCUT2D eigenvalue weighted by Crippen LogP contribution is 2.20. The SMILES string of the molecule is CC[C@H](C(=O)NCC(C)C)N(Cc1ccc(F)cc1)C(=O)CCSc1ccccc1. The Bertz CT molecular complexity index is 797. The van der Waals surface area contributed by atoms with Gasteiger partial charge in [-0.2, -0.15) is 0 Å². The van der Waals surface area contributed by atoms with Crippen molar-refractivity contribution in [3.63, 3.8) is 0 Å². The lowest BCUT2D eigenvalue weighted by Gasteiger charge is -2.31. The summed E-state index contributed by atoms with van der Waals surface area (Å²) >= 11 is 1.62. The normalized spacial score (nSPS) is 11.9. The predicted octanol–water partition coefficient (Wildman–Crippen LogP) is 4.89. The van der Waals surface area contributed by atoms with Gasteiger partial charge in [-0.05, 0) is 42.2 Å². The molecule has 0 aromatic heterocycles. The average Bonchev–Trinajstić information content (AvgIpc) is 2.74. The van der Waals surface area contributed by atoms with Gasteiger partial charge < -0.3 is 10.2 Å². The molecule has 30 heavy (non-hydrogen) atoms. The van der Waals surface area contributed by atoms with E-state index in [1.165, 1.54) is 12.1 Å². The lowest BCUT2D eigenvalue weighted by atomic mass is 10.1. The second kappa shape index (κ2) is 12.4. The second-order valence-corrected chi connectivity index (χ2v) is 8.79. The van der Waals surface area contributed by atoms with Gasteiger partial charge >= 0.3 is 0 Å². The van der Waals surface area contributed by atoms with Crippen LogP contribution in [0.2, 0.25) is 0 Å². The molecule has 2 rings (SSSR count). The van der Waals surface area contributed by atoms with Crippen LogP contribution in [-0.2, 0) is 16.1 Å². The van der Waals surface area contributed by atoms with Gasteiger partial charge in [0.05, 0.1) is 0 Å². The van der Waals surface area contributed by atoms with E-state index in [4.69, 9.17) is 0 Å². The van der Waals surface area contributed by atoms with Crippen LogP contribution in [0.1, 0.15) is 39.2 Å². The van der Waals surface area contributed by atoms with E-state index in [0.717, 1.165) is 10.5 Å². The molecule has 0 radical (unpaired) electrons. The van der Waals surface area contributed by atoms with Gasteiger partial charge in [0, 0.05) is 30.2 Å². The zero-order valence-electron chi connectivity index (χ0n) is 17.9. The highest BCUT2D eigenvalue weighted by molar-refractivity contribution is 7.99. The molecular formula is C24H31FN2O2S. The summed E-state index contributed by atoms with van der Waals surface area (Å²) in [7, 11) is 0. The van der Waals surface area contributed by atoms with Gasteiger partial charge in [-0.1, -0.05) is 51.1 Å². The number of nitrogens with one attached hydrogen (secondary N) is 1. The summed E-state index contributed by atoms with van der Waals surface area (Å²) in [6.07, 6.45) is 0.845. The van der Waals surface area contributed by atoms with Crippen LogP contribution in [0.4, 0.5) is 4.39 Å². The molecule has 0 aliphatic carbocycles. The van der Waals surface area contributed by atoms with Crippen molar-refractivity contribution in [2.75, 3.05) is 12.3 Å². The maximum Gasteiger partial charge on any atom is 0.242 e. The zero-order valence-corrected chi connectivity index (χ0v) is 18.8. The monoisotopic (exact) mass is 430 g/mol. The smallest absolute Gasteiger partial charge is 0.242 e. The molecule has 0 aliphatic heterocycles. The molecule has 2 aromatic carbocycles. The third kappa shape index (κ3) is 7.82. The van der Waals surface area contributed by atoms with Gasteiger partial charge in [0.15, 0.2) is 0 Å². The first-order valence-corrected chi connectivity index (χ1v) is 11.4. The molecular weight excluding hydrogens is 399 g/mol. The second-order valence-electron chi connectivity index (χ2n) is 7.62. The van der Waals surface area contributed by atoms with Crippen molar-refractivity contribution >= 4 is 23.6 Å². The number of rotatable bonds is 11. The average molecular weight is 431 g/mol. The van der Waals surface area contributed by atoms with E-state index >= 15 is 0 Å². The number of amides is 2. The Kier molecular flexibility index (Phi) is 9.87. The number of carbonyl (C=O) groups is 2. The Morgan fingerprint density at radius 2 is 1.73 bits per heavy atom. The maximum atomic E-state index is 13.3. The summed E-state index contributed by atoms with van der Waals surface area (Å²) in [6, 6.07) is 15.4. The molecule has 0 saturated heterocycles. The van der Waals surface area contributed by atoms with Gasteiger partial charge in [0.1, 0.15) is 11.9 Å². The van der Waals surface area contributed by atoms with E-state index in [2.05, 4.69) is 5.32 Å². The summed E-state index contributed by atoms with van der Waals surface area (Å²) in [5, 5.41) is 2.95. The van der Waals surface area contributed by atoms with Crippen LogP contribution < -0.4 is 5.32 Å². The molecule has 1 N–H and O–H groups in total. The highest BCUT2D eigenvalue weighted by atomic mass is 32.2. The van der Waals surface area contributed by atoms with Crippen molar-refractivity contribution in [2.24, 2.45) is 5.92 Å². The van der Waals surface area contributed by atoms with Crippen LogP contribution in [0.5, 0.6) is 0 Å². The molecule has 0 unspecified atom stereocenters. The van der Waals surface area contributed by atoms with Crippen molar-refractivity contribution < 1.29 is 14.0 Å². The van der Waals surface area contributed by atoms with Crippen molar-refractivity contribution in [3.8, 4) is 0 Å². The molecule has 0 aliphatic rings. The third-order valence-corrected chi connectivity index (χ3v) is 5.68. The number of benzene rings is 2. The fourth-order valence-corrected chi connectivity index (χ4v) is 3.91.